The second-order valence-electron chi connectivity index (χ2n) is 4.32. The number of hydrogen-bond acceptors (Lipinski definition) is 3. The van der Waals surface area contributed by atoms with Crippen molar-refractivity contribution < 1.29 is 0 Å². The predicted molar refractivity (Wildman–Crippen MR) is 84.0 cm³/mol. The number of thiophene rings is 1. The Hall–Kier alpha value is -1.82. The average molecular weight is 291 g/mol. The highest BCUT2D eigenvalue weighted by Crippen LogP contribution is 2.09. The molecular formula is C14H21N5S. The fraction of sp³-hybridized carbons (Fsp3) is 0.429. The Morgan fingerprint density at radius 3 is 3.05 bits per heavy atom. The summed E-state index contributed by atoms with van der Waals surface area (Å²) in [6.45, 7) is 5.48. The molecule has 108 valence electrons. The van der Waals surface area contributed by atoms with Crippen LogP contribution in [0.25, 0.3) is 0 Å². The van der Waals surface area contributed by atoms with Crippen LogP contribution < -0.4 is 10.6 Å². The van der Waals surface area contributed by atoms with Crippen LogP contribution in [0.15, 0.2) is 41.0 Å². The number of nitrogens with zero attached hydrogens (tertiary/aromatic N) is 3. The molecule has 0 spiro atoms. The molecule has 2 aromatic rings. The van der Waals surface area contributed by atoms with Crippen LogP contribution in [0, 0.1) is 0 Å². The number of guanidine groups is 1. The molecular weight excluding hydrogens is 270 g/mol. The second-order valence-corrected chi connectivity index (χ2v) is 5.36. The van der Waals surface area contributed by atoms with Crippen LogP contribution in [0.4, 0.5) is 0 Å². The molecule has 0 unspecified atom stereocenters. The van der Waals surface area contributed by atoms with Gasteiger partial charge in [-0.15, -0.1) is 11.3 Å². The van der Waals surface area contributed by atoms with Crippen LogP contribution in [0.1, 0.15) is 18.2 Å². The van der Waals surface area contributed by atoms with Crippen molar-refractivity contribution in [2.24, 2.45) is 4.99 Å². The summed E-state index contributed by atoms with van der Waals surface area (Å²) < 4.78 is 1.94. The molecule has 0 fully saturated rings. The Morgan fingerprint density at radius 2 is 2.35 bits per heavy atom. The van der Waals surface area contributed by atoms with Crippen LogP contribution in [0.2, 0.25) is 0 Å². The Bertz CT molecular complexity index is 490. The number of hydrogen-bond donors (Lipinski definition) is 2. The molecule has 0 aliphatic heterocycles. The minimum Gasteiger partial charge on any atom is -0.357 e. The monoisotopic (exact) mass is 291 g/mol. The number of aliphatic imine (C=N–C) groups is 1. The molecule has 2 rings (SSSR count). The molecule has 0 aliphatic carbocycles. The molecule has 2 heterocycles. The van der Waals surface area contributed by atoms with Gasteiger partial charge in [0.25, 0.3) is 0 Å². The highest BCUT2D eigenvalue weighted by molar-refractivity contribution is 7.09. The topological polar surface area (TPSA) is 54.2 Å². The van der Waals surface area contributed by atoms with Gasteiger partial charge in [-0.3, -0.25) is 4.68 Å². The fourth-order valence-electron chi connectivity index (χ4n) is 1.78. The SMILES string of the molecule is CCNC(=NCc1cccs1)NCCCn1cccn1. The van der Waals surface area contributed by atoms with Gasteiger partial charge in [-0.25, -0.2) is 4.99 Å². The lowest BCUT2D eigenvalue weighted by Crippen LogP contribution is -2.38. The Kier molecular flexibility index (Phi) is 6.10. The minimum atomic E-state index is 0.728. The van der Waals surface area contributed by atoms with Gasteiger partial charge in [-0.2, -0.15) is 5.10 Å². The van der Waals surface area contributed by atoms with Crippen molar-refractivity contribution in [3.63, 3.8) is 0 Å². The Morgan fingerprint density at radius 1 is 1.40 bits per heavy atom. The number of aromatic nitrogens is 2. The maximum absolute atomic E-state index is 4.57. The van der Waals surface area contributed by atoms with Gasteiger partial charge in [-0.05, 0) is 30.9 Å². The normalized spacial score (nSPS) is 11.6. The molecule has 0 bridgehead atoms. The summed E-state index contributed by atoms with van der Waals surface area (Å²) in [6.07, 6.45) is 4.81. The summed E-state index contributed by atoms with van der Waals surface area (Å²) in [6, 6.07) is 6.11. The molecule has 2 N–H and O–H groups in total. The zero-order valence-corrected chi connectivity index (χ0v) is 12.6. The van der Waals surface area contributed by atoms with E-state index in [2.05, 4.69) is 45.2 Å². The van der Waals surface area contributed by atoms with Crippen LogP contribution in [0.5, 0.6) is 0 Å². The van der Waals surface area contributed by atoms with E-state index in [4.69, 9.17) is 0 Å². The highest BCUT2D eigenvalue weighted by Gasteiger charge is 1.98. The van der Waals surface area contributed by atoms with E-state index >= 15 is 0 Å². The van der Waals surface area contributed by atoms with E-state index in [1.165, 1.54) is 4.88 Å². The van der Waals surface area contributed by atoms with Gasteiger partial charge in [0.1, 0.15) is 0 Å². The zero-order valence-electron chi connectivity index (χ0n) is 11.7. The molecule has 5 nitrogen and oxygen atoms in total. The summed E-state index contributed by atoms with van der Waals surface area (Å²) in [5.74, 6) is 0.876. The van der Waals surface area contributed by atoms with Gasteiger partial charge in [0.2, 0.25) is 0 Å². The number of nitrogens with one attached hydrogen (secondary N) is 2. The first-order chi connectivity index (χ1) is 9.88. The summed E-state index contributed by atoms with van der Waals surface area (Å²) in [7, 11) is 0. The van der Waals surface area contributed by atoms with Crippen molar-refractivity contribution in [1.82, 2.24) is 20.4 Å². The van der Waals surface area contributed by atoms with Crippen molar-refractivity contribution in [1.29, 1.82) is 0 Å². The number of rotatable bonds is 7. The third kappa shape index (κ3) is 5.05. The largest absolute Gasteiger partial charge is 0.357 e. The van der Waals surface area contributed by atoms with Gasteiger partial charge in [0.15, 0.2) is 5.96 Å². The first-order valence-electron chi connectivity index (χ1n) is 6.90. The fourth-order valence-corrected chi connectivity index (χ4v) is 2.41. The Labute approximate surface area is 123 Å². The van der Waals surface area contributed by atoms with E-state index in [0.29, 0.717) is 0 Å². The van der Waals surface area contributed by atoms with Gasteiger partial charge >= 0.3 is 0 Å². The lowest BCUT2D eigenvalue weighted by molar-refractivity contribution is 0.570. The first-order valence-corrected chi connectivity index (χ1v) is 7.78. The number of aryl methyl sites for hydroxylation is 1. The molecule has 6 heteroatoms. The van der Waals surface area contributed by atoms with Crippen molar-refractivity contribution in [2.45, 2.75) is 26.4 Å². The van der Waals surface area contributed by atoms with Crippen molar-refractivity contribution in [3.05, 3.63) is 40.8 Å². The van der Waals surface area contributed by atoms with E-state index < -0.39 is 0 Å². The van der Waals surface area contributed by atoms with Gasteiger partial charge in [0, 0.05) is 36.9 Å². The van der Waals surface area contributed by atoms with Crippen molar-refractivity contribution in [2.75, 3.05) is 13.1 Å². The molecule has 0 saturated heterocycles. The van der Waals surface area contributed by atoms with E-state index in [1.54, 1.807) is 17.5 Å². The molecule has 0 aliphatic rings. The third-order valence-electron chi connectivity index (χ3n) is 2.73. The second kappa shape index (κ2) is 8.37. The lowest BCUT2D eigenvalue weighted by Gasteiger charge is -2.11. The first kappa shape index (κ1) is 14.6. The van der Waals surface area contributed by atoms with Crippen LogP contribution >= 0.6 is 11.3 Å². The predicted octanol–water partition coefficient (Wildman–Crippen LogP) is 2.09. The van der Waals surface area contributed by atoms with Crippen LogP contribution in [-0.4, -0.2) is 28.8 Å². The minimum absolute atomic E-state index is 0.728. The molecule has 2 aromatic heterocycles. The molecule has 0 saturated carbocycles. The van der Waals surface area contributed by atoms with Gasteiger partial charge in [0.05, 0.1) is 6.54 Å². The third-order valence-corrected chi connectivity index (χ3v) is 3.59. The standard InChI is InChI=1S/C14H21N5S/c1-2-15-14(17-12-13-6-3-11-20-13)16-7-4-9-19-10-5-8-18-19/h3,5-6,8,10-11H,2,4,7,9,12H2,1H3,(H2,15,16,17). The maximum atomic E-state index is 4.57. The van der Waals surface area contributed by atoms with Crippen LogP contribution in [-0.2, 0) is 13.1 Å². The molecule has 0 radical (unpaired) electrons. The van der Waals surface area contributed by atoms with Crippen molar-refractivity contribution in [3.8, 4) is 0 Å². The van der Waals surface area contributed by atoms with E-state index in [9.17, 15) is 0 Å². The van der Waals surface area contributed by atoms with E-state index in [1.807, 2.05) is 16.9 Å². The van der Waals surface area contributed by atoms with Gasteiger partial charge in [-0.1, -0.05) is 6.07 Å². The Balaban J connectivity index is 1.72. The van der Waals surface area contributed by atoms with Crippen molar-refractivity contribution >= 4 is 17.3 Å². The molecule has 0 amide bonds. The summed E-state index contributed by atoms with van der Waals surface area (Å²) >= 11 is 1.74. The zero-order chi connectivity index (χ0) is 14.0. The smallest absolute Gasteiger partial charge is 0.191 e. The van der Waals surface area contributed by atoms with Gasteiger partial charge < -0.3 is 10.6 Å². The lowest BCUT2D eigenvalue weighted by atomic mass is 10.4. The molecule has 0 aromatic carbocycles. The summed E-state index contributed by atoms with van der Waals surface area (Å²) in [5.41, 5.74) is 0. The quantitative estimate of drug-likeness (QED) is 0.466. The average Bonchev–Trinajstić information content (AvgIpc) is 3.13. The maximum Gasteiger partial charge on any atom is 0.191 e. The molecule has 0 atom stereocenters. The molecule has 20 heavy (non-hydrogen) atoms. The van der Waals surface area contributed by atoms with E-state index in [0.717, 1.165) is 38.6 Å². The van der Waals surface area contributed by atoms with Crippen LogP contribution in [0.3, 0.4) is 0 Å². The summed E-state index contributed by atoms with van der Waals surface area (Å²) in [5, 5.41) is 12.9. The van der Waals surface area contributed by atoms with E-state index in [-0.39, 0.29) is 0 Å². The highest BCUT2D eigenvalue weighted by atomic mass is 32.1. The summed E-state index contributed by atoms with van der Waals surface area (Å²) in [4.78, 5) is 5.85.